The molecule has 0 aliphatic carbocycles. The molecular formula is C12H13BrN2O2. The Morgan fingerprint density at radius 3 is 2.88 bits per heavy atom. The molecule has 5 heteroatoms. The highest BCUT2D eigenvalue weighted by Gasteiger charge is 2.08. The number of ether oxygens (including phenoxy) is 1. The average Bonchev–Trinajstić information content (AvgIpc) is 2.78. The first-order valence-corrected chi connectivity index (χ1v) is 6.14. The predicted octanol–water partition coefficient (Wildman–Crippen LogP) is 3.53. The summed E-state index contributed by atoms with van der Waals surface area (Å²) in [6, 6.07) is 5.43. The van der Waals surface area contributed by atoms with Crippen LogP contribution in [0, 0.1) is 0 Å². The van der Waals surface area contributed by atoms with Crippen LogP contribution in [0.15, 0.2) is 33.5 Å². The molecular weight excluding hydrogens is 284 g/mol. The lowest BCUT2D eigenvalue weighted by molar-refractivity contribution is 0.259. The van der Waals surface area contributed by atoms with Gasteiger partial charge in [-0.15, -0.1) is 0 Å². The van der Waals surface area contributed by atoms with Crippen LogP contribution in [0.4, 0.5) is 0 Å². The van der Waals surface area contributed by atoms with E-state index in [0.29, 0.717) is 12.5 Å². The van der Waals surface area contributed by atoms with Gasteiger partial charge < -0.3 is 9.15 Å². The Bertz CT molecular complexity index is 483. The van der Waals surface area contributed by atoms with E-state index in [1.165, 1.54) is 0 Å². The maximum atomic E-state index is 5.55. The number of nitrogens with zero attached hydrogens (tertiary/aromatic N) is 2. The zero-order chi connectivity index (χ0) is 12.3. The van der Waals surface area contributed by atoms with E-state index in [1.54, 1.807) is 12.3 Å². The standard InChI is InChI=1S/C12H13BrN2O2/c1-8(2)12-14-10(13)6-11(15-12)17-7-9-4-3-5-16-9/h3-6,8H,7H2,1-2H3. The van der Waals surface area contributed by atoms with Crippen molar-refractivity contribution < 1.29 is 9.15 Å². The molecule has 2 aromatic heterocycles. The van der Waals surface area contributed by atoms with Crippen LogP contribution in [0.25, 0.3) is 0 Å². The van der Waals surface area contributed by atoms with Gasteiger partial charge in [-0.3, -0.25) is 0 Å². The minimum absolute atomic E-state index is 0.262. The second kappa shape index (κ2) is 5.31. The van der Waals surface area contributed by atoms with Crippen LogP contribution in [-0.2, 0) is 6.61 Å². The lowest BCUT2D eigenvalue weighted by Crippen LogP contribution is -2.02. The van der Waals surface area contributed by atoms with Crippen LogP contribution in [0.1, 0.15) is 31.4 Å². The van der Waals surface area contributed by atoms with Gasteiger partial charge in [0.25, 0.3) is 0 Å². The average molecular weight is 297 g/mol. The fourth-order valence-electron chi connectivity index (χ4n) is 1.29. The SMILES string of the molecule is CC(C)c1nc(Br)cc(OCc2ccco2)n1. The minimum Gasteiger partial charge on any atom is -0.469 e. The second-order valence-corrected chi connectivity index (χ2v) is 4.72. The summed E-state index contributed by atoms with van der Waals surface area (Å²) >= 11 is 3.35. The molecule has 0 bridgehead atoms. The van der Waals surface area contributed by atoms with E-state index < -0.39 is 0 Å². The van der Waals surface area contributed by atoms with Crippen molar-refractivity contribution in [3.63, 3.8) is 0 Å². The van der Waals surface area contributed by atoms with E-state index in [0.717, 1.165) is 16.2 Å². The topological polar surface area (TPSA) is 48.2 Å². The molecule has 2 aromatic rings. The van der Waals surface area contributed by atoms with Crippen molar-refractivity contribution in [1.82, 2.24) is 9.97 Å². The maximum Gasteiger partial charge on any atom is 0.218 e. The molecule has 17 heavy (non-hydrogen) atoms. The van der Waals surface area contributed by atoms with Crippen molar-refractivity contribution in [2.24, 2.45) is 0 Å². The fraction of sp³-hybridized carbons (Fsp3) is 0.333. The van der Waals surface area contributed by atoms with E-state index in [9.17, 15) is 0 Å². The summed E-state index contributed by atoms with van der Waals surface area (Å²) in [5.41, 5.74) is 0. The van der Waals surface area contributed by atoms with Crippen LogP contribution in [-0.4, -0.2) is 9.97 Å². The normalized spacial score (nSPS) is 10.8. The first-order valence-electron chi connectivity index (χ1n) is 5.35. The van der Waals surface area contributed by atoms with Crippen LogP contribution < -0.4 is 4.74 Å². The van der Waals surface area contributed by atoms with Gasteiger partial charge in [0, 0.05) is 12.0 Å². The summed E-state index contributed by atoms with van der Waals surface area (Å²) in [7, 11) is 0. The zero-order valence-corrected chi connectivity index (χ0v) is 11.3. The molecule has 0 N–H and O–H groups in total. The number of halogens is 1. The molecule has 0 radical (unpaired) electrons. The van der Waals surface area contributed by atoms with E-state index in [1.807, 2.05) is 26.0 Å². The van der Waals surface area contributed by atoms with Gasteiger partial charge in [-0.05, 0) is 28.1 Å². The Balaban J connectivity index is 2.10. The number of furan rings is 1. The Morgan fingerprint density at radius 2 is 2.24 bits per heavy atom. The van der Waals surface area contributed by atoms with E-state index in [4.69, 9.17) is 9.15 Å². The number of hydrogen-bond donors (Lipinski definition) is 0. The summed E-state index contributed by atoms with van der Waals surface area (Å²) in [6.07, 6.45) is 1.62. The van der Waals surface area contributed by atoms with Crippen LogP contribution in [0.2, 0.25) is 0 Å². The largest absolute Gasteiger partial charge is 0.469 e. The van der Waals surface area contributed by atoms with Gasteiger partial charge in [0.15, 0.2) is 0 Å². The van der Waals surface area contributed by atoms with Gasteiger partial charge in [0.1, 0.15) is 22.8 Å². The second-order valence-electron chi connectivity index (χ2n) is 3.91. The molecule has 90 valence electrons. The summed E-state index contributed by atoms with van der Waals surface area (Å²) < 4.78 is 11.5. The van der Waals surface area contributed by atoms with Gasteiger partial charge in [-0.25, -0.2) is 4.98 Å². The highest BCUT2D eigenvalue weighted by Crippen LogP contribution is 2.19. The van der Waals surface area contributed by atoms with Gasteiger partial charge in [0.05, 0.1) is 6.26 Å². The molecule has 0 saturated heterocycles. The van der Waals surface area contributed by atoms with Gasteiger partial charge in [0.2, 0.25) is 5.88 Å². The smallest absolute Gasteiger partial charge is 0.218 e. The monoisotopic (exact) mass is 296 g/mol. The van der Waals surface area contributed by atoms with Gasteiger partial charge in [-0.1, -0.05) is 13.8 Å². The van der Waals surface area contributed by atoms with Crippen molar-refractivity contribution in [2.45, 2.75) is 26.4 Å². The van der Waals surface area contributed by atoms with Crippen LogP contribution in [0.3, 0.4) is 0 Å². The van der Waals surface area contributed by atoms with E-state index in [2.05, 4.69) is 25.9 Å². The predicted molar refractivity (Wildman–Crippen MR) is 66.9 cm³/mol. The summed E-state index contributed by atoms with van der Waals surface area (Å²) in [6.45, 7) is 4.45. The van der Waals surface area contributed by atoms with Crippen molar-refractivity contribution in [1.29, 1.82) is 0 Å². The molecule has 0 aromatic carbocycles. The molecule has 0 aliphatic heterocycles. The number of hydrogen-bond acceptors (Lipinski definition) is 4. The Kier molecular flexibility index (Phi) is 3.78. The van der Waals surface area contributed by atoms with Crippen molar-refractivity contribution in [3.8, 4) is 5.88 Å². The Labute approximate surface area is 108 Å². The molecule has 0 spiro atoms. The Morgan fingerprint density at radius 1 is 1.41 bits per heavy atom. The van der Waals surface area contributed by atoms with Crippen molar-refractivity contribution in [3.05, 3.63) is 40.7 Å². The lowest BCUT2D eigenvalue weighted by atomic mass is 10.2. The molecule has 0 aliphatic rings. The summed E-state index contributed by atoms with van der Waals surface area (Å²) in [5, 5.41) is 0. The molecule has 4 nitrogen and oxygen atoms in total. The summed E-state index contributed by atoms with van der Waals surface area (Å²) in [5.74, 6) is 2.34. The van der Waals surface area contributed by atoms with Crippen molar-refractivity contribution in [2.75, 3.05) is 0 Å². The molecule has 0 atom stereocenters. The minimum atomic E-state index is 0.262. The molecule has 0 unspecified atom stereocenters. The quantitative estimate of drug-likeness (QED) is 0.810. The summed E-state index contributed by atoms with van der Waals surface area (Å²) in [4.78, 5) is 8.61. The van der Waals surface area contributed by atoms with Crippen molar-refractivity contribution >= 4 is 15.9 Å². The highest BCUT2D eigenvalue weighted by molar-refractivity contribution is 9.10. The zero-order valence-electron chi connectivity index (χ0n) is 9.68. The van der Waals surface area contributed by atoms with Crippen LogP contribution in [0.5, 0.6) is 5.88 Å². The van der Waals surface area contributed by atoms with Crippen LogP contribution >= 0.6 is 15.9 Å². The third-order valence-electron chi connectivity index (χ3n) is 2.15. The highest BCUT2D eigenvalue weighted by atomic mass is 79.9. The molecule has 0 saturated carbocycles. The van der Waals surface area contributed by atoms with E-state index >= 15 is 0 Å². The third-order valence-corrected chi connectivity index (χ3v) is 2.55. The molecule has 2 rings (SSSR count). The number of rotatable bonds is 4. The first-order chi connectivity index (χ1) is 8.15. The maximum absolute atomic E-state index is 5.55. The first kappa shape index (κ1) is 12.1. The number of aromatic nitrogens is 2. The lowest BCUT2D eigenvalue weighted by Gasteiger charge is -2.08. The van der Waals surface area contributed by atoms with E-state index in [-0.39, 0.29) is 5.92 Å². The molecule has 0 fully saturated rings. The van der Waals surface area contributed by atoms with Gasteiger partial charge in [-0.2, -0.15) is 4.98 Å². The van der Waals surface area contributed by atoms with Gasteiger partial charge >= 0.3 is 0 Å². The fourth-order valence-corrected chi connectivity index (χ4v) is 1.66. The third kappa shape index (κ3) is 3.30. The molecule has 2 heterocycles. The Hall–Kier alpha value is -1.36. The molecule has 0 amide bonds.